The first-order valence-corrected chi connectivity index (χ1v) is 7.10. The van der Waals surface area contributed by atoms with Crippen molar-refractivity contribution < 1.29 is 27.1 Å². The molecule has 0 aliphatic heterocycles. The van der Waals surface area contributed by atoms with E-state index < -0.39 is 38.9 Å². The van der Waals surface area contributed by atoms with Gasteiger partial charge in [0.15, 0.2) is 0 Å². The number of nitrogens with one attached hydrogen (secondary N) is 1. The van der Waals surface area contributed by atoms with Gasteiger partial charge in [-0.25, -0.2) is 22.0 Å². The van der Waals surface area contributed by atoms with Crippen molar-refractivity contribution in [1.29, 1.82) is 0 Å². The van der Waals surface area contributed by atoms with E-state index >= 15 is 0 Å². The molecule has 0 unspecified atom stereocenters. The molecule has 0 aliphatic rings. The standard InChI is InChI=1S/C13H9F2NO4S/c14-8-4-6-9(7-5-8)21(19,20)16-11-3-1-2-10(15)12(11)13(17)18/h1-7,16H,(H,17,18). The highest BCUT2D eigenvalue weighted by atomic mass is 32.2. The Labute approximate surface area is 118 Å². The van der Waals surface area contributed by atoms with Gasteiger partial charge in [0.05, 0.1) is 10.6 Å². The molecular weight excluding hydrogens is 304 g/mol. The highest BCUT2D eigenvalue weighted by Crippen LogP contribution is 2.22. The summed E-state index contributed by atoms with van der Waals surface area (Å²) in [4.78, 5) is 10.7. The molecule has 0 heterocycles. The number of carboxylic acid groups (broad SMARTS) is 1. The third-order valence-corrected chi connectivity index (χ3v) is 3.98. The highest BCUT2D eigenvalue weighted by Gasteiger charge is 2.21. The molecule has 0 aromatic heterocycles. The zero-order chi connectivity index (χ0) is 15.6. The normalized spacial score (nSPS) is 11.1. The maximum absolute atomic E-state index is 13.5. The molecule has 5 nitrogen and oxygen atoms in total. The number of hydrogen-bond acceptors (Lipinski definition) is 3. The first-order valence-electron chi connectivity index (χ1n) is 5.61. The molecule has 21 heavy (non-hydrogen) atoms. The molecule has 0 bridgehead atoms. The van der Waals surface area contributed by atoms with Crippen LogP contribution < -0.4 is 4.72 Å². The van der Waals surface area contributed by atoms with Gasteiger partial charge in [-0.1, -0.05) is 6.07 Å². The van der Waals surface area contributed by atoms with Gasteiger partial charge in [-0.15, -0.1) is 0 Å². The number of hydrogen-bond donors (Lipinski definition) is 2. The second-order valence-corrected chi connectivity index (χ2v) is 5.71. The number of carbonyl (C=O) groups is 1. The van der Waals surface area contributed by atoms with E-state index in [1.807, 2.05) is 4.72 Å². The average Bonchev–Trinajstić information content (AvgIpc) is 2.38. The quantitative estimate of drug-likeness (QED) is 0.908. The summed E-state index contributed by atoms with van der Waals surface area (Å²) in [5.41, 5.74) is -1.20. The lowest BCUT2D eigenvalue weighted by atomic mass is 10.2. The lowest BCUT2D eigenvalue weighted by Gasteiger charge is -2.11. The van der Waals surface area contributed by atoms with Crippen molar-refractivity contribution in [3.05, 3.63) is 59.7 Å². The molecule has 2 rings (SSSR count). The van der Waals surface area contributed by atoms with Crippen LogP contribution in [0.1, 0.15) is 10.4 Å². The van der Waals surface area contributed by atoms with Crippen LogP contribution in [0.15, 0.2) is 47.4 Å². The third-order valence-electron chi connectivity index (χ3n) is 2.60. The second kappa shape index (κ2) is 5.49. The van der Waals surface area contributed by atoms with E-state index in [0.29, 0.717) is 0 Å². The topological polar surface area (TPSA) is 83.5 Å². The van der Waals surface area contributed by atoms with Crippen molar-refractivity contribution in [3.8, 4) is 0 Å². The Hall–Kier alpha value is -2.48. The Bertz CT molecular complexity index is 788. The summed E-state index contributed by atoms with van der Waals surface area (Å²) in [6.07, 6.45) is 0. The molecule has 8 heteroatoms. The van der Waals surface area contributed by atoms with E-state index in [0.717, 1.165) is 36.4 Å². The van der Waals surface area contributed by atoms with E-state index in [2.05, 4.69) is 0 Å². The molecule has 0 saturated heterocycles. The summed E-state index contributed by atoms with van der Waals surface area (Å²) < 4.78 is 52.3. The molecule has 0 spiro atoms. The van der Waals surface area contributed by atoms with Crippen LogP contribution in [0.2, 0.25) is 0 Å². The largest absolute Gasteiger partial charge is 0.478 e. The monoisotopic (exact) mass is 313 g/mol. The maximum atomic E-state index is 13.5. The fourth-order valence-corrected chi connectivity index (χ4v) is 2.72. The molecular formula is C13H9F2NO4S. The van der Waals surface area contributed by atoms with Crippen LogP contribution in [0.3, 0.4) is 0 Å². The van der Waals surface area contributed by atoms with E-state index in [-0.39, 0.29) is 4.90 Å². The number of aromatic carboxylic acids is 1. The van der Waals surface area contributed by atoms with Gasteiger partial charge in [-0.05, 0) is 36.4 Å². The van der Waals surface area contributed by atoms with Gasteiger partial charge in [0.2, 0.25) is 0 Å². The van der Waals surface area contributed by atoms with Gasteiger partial charge in [-0.3, -0.25) is 4.72 Å². The van der Waals surface area contributed by atoms with Crippen molar-refractivity contribution in [2.75, 3.05) is 4.72 Å². The van der Waals surface area contributed by atoms with Gasteiger partial charge in [0, 0.05) is 0 Å². The van der Waals surface area contributed by atoms with E-state index in [9.17, 15) is 22.0 Å². The Kier molecular flexibility index (Phi) is 3.90. The summed E-state index contributed by atoms with van der Waals surface area (Å²) in [7, 11) is -4.15. The molecule has 2 N–H and O–H groups in total. The number of anilines is 1. The average molecular weight is 313 g/mol. The van der Waals surface area contributed by atoms with Crippen LogP contribution in [0.25, 0.3) is 0 Å². The van der Waals surface area contributed by atoms with E-state index in [1.54, 1.807) is 0 Å². The number of rotatable bonds is 4. The molecule has 0 radical (unpaired) electrons. The van der Waals surface area contributed by atoms with Crippen molar-refractivity contribution in [3.63, 3.8) is 0 Å². The first-order chi connectivity index (χ1) is 9.81. The minimum atomic E-state index is -4.15. The lowest BCUT2D eigenvalue weighted by molar-refractivity contribution is 0.0693. The lowest BCUT2D eigenvalue weighted by Crippen LogP contribution is -2.16. The molecule has 0 aliphatic carbocycles. The van der Waals surface area contributed by atoms with Crippen LogP contribution in [0.5, 0.6) is 0 Å². The summed E-state index contributed by atoms with van der Waals surface area (Å²) in [5.74, 6) is -3.29. The molecule has 110 valence electrons. The smallest absolute Gasteiger partial charge is 0.340 e. The minimum absolute atomic E-state index is 0.274. The number of halogens is 2. The summed E-state index contributed by atoms with van der Waals surface area (Å²) in [5, 5.41) is 8.93. The Morgan fingerprint density at radius 1 is 1.05 bits per heavy atom. The van der Waals surface area contributed by atoms with Crippen LogP contribution in [0, 0.1) is 11.6 Å². The van der Waals surface area contributed by atoms with Gasteiger partial charge in [0.25, 0.3) is 10.0 Å². The van der Waals surface area contributed by atoms with Crippen LogP contribution in [0.4, 0.5) is 14.5 Å². The van der Waals surface area contributed by atoms with Crippen LogP contribution >= 0.6 is 0 Å². The van der Waals surface area contributed by atoms with Crippen LogP contribution in [-0.4, -0.2) is 19.5 Å². The maximum Gasteiger partial charge on any atom is 0.340 e. The predicted molar refractivity (Wildman–Crippen MR) is 70.6 cm³/mol. The molecule has 0 atom stereocenters. The zero-order valence-corrected chi connectivity index (χ0v) is 11.2. The van der Waals surface area contributed by atoms with Gasteiger partial charge < -0.3 is 5.11 Å². The number of sulfonamides is 1. The number of carboxylic acids is 1. The summed E-state index contributed by atoms with van der Waals surface area (Å²) in [6, 6.07) is 7.10. The number of benzene rings is 2. The fourth-order valence-electron chi connectivity index (χ4n) is 1.64. The van der Waals surface area contributed by atoms with Gasteiger partial charge >= 0.3 is 5.97 Å². The summed E-state index contributed by atoms with van der Waals surface area (Å²) in [6.45, 7) is 0. The highest BCUT2D eigenvalue weighted by molar-refractivity contribution is 7.92. The van der Waals surface area contributed by atoms with E-state index in [1.165, 1.54) is 6.07 Å². The van der Waals surface area contributed by atoms with Crippen molar-refractivity contribution in [2.45, 2.75) is 4.90 Å². The molecule has 2 aromatic carbocycles. The van der Waals surface area contributed by atoms with Crippen molar-refractivity contribution >= 4 is 21.7 Å². The molecule has 2 aromatic rings. The first kappa shape index (κ1) is 14.9. The van der Waals surface area contributed by atoms with E-state index in [4.69, 9.17) is 5.11 Å². The molecule has 0 saturated carbocycles. The van der Waals surface area contributed by atoms with Crippen LogP contribution in [-0.2, 0) is 10.0 Å². The van der Waals surface area contributed by atoms with Gasteiger partial charge in [-0.2, -0.15) is 0 Å². The molecule has 0 fully saturated rings. The summed E-state index contributed by atoms with van der Waals surface area (Å²) >= 11 is 0. The molecule has 0 amide bonds. The van der Waals surface area contributed by atoms with Gasteiger partial charge in [0.1, 0.15) is 17.2 Å². The Morgan fingerprint density at radius 3 is 2.24 bits per heavy atom. The minimum Gasteiger partial charge on any atom is -0.478 e. The SMILES string of the molecule is O=C(O)c1c(F)cccc1NS(=O)(=O)c1ccc(F)cc1. The Balaban J connectivity index is 2.44. The fraction of sp³-hybridized carbons (Fsp3) is 0. The van der Waals surface area contributed by atoms with Crippen molar-refractivity contribution in [1.82, 2.24) is 0 Å². The third kappa shape index (κ3) is 3.16. The second-order valence-electron chi connectivity index (χ2n) is 4.03. The zero-order valence-electron chi connectivity index (χ0n) is 10.4. The predicted octanol–water partition coefficient (Wildman–Crippen LogP) is 2.46. The Morgan fingerprint density at radius 2 is 1.67 bits per heavy atom. The van der Waals surface area contributed by atoms with Crippen molar-refractivity contribution in [2.24, 2.45) is 0 Å².